The number of likely N-dealkylation sites (tertiary alicyclic amines) is 1. The average molecular weight is 198 g/mol. The molecule has 0 aliphatic carbocycles. The van der Waals surface area contributed by atoms with Crippen LogP contribution in [0, 0.1) is 5.92 Å². The van der Waals surface area contributed by atoms with Crippen molar-refractivity contribution in [3.63, 3.8) is 0 Å². The molecular formula is C8H14N4O2. The fourth-order valence-corrected chi connectivity index (χ4v) is 1.62. The highest BCUT2D eigenvalue weighted by atomic mass is 16.5. The van der Waals surface area contributed by atoms with Gasteiger partial charge in [0.25, 0.3) is 0 Å². The lowest BCUT2D eigenvalue weighted by atomic mass is 10.1. The SMILES string of the molecule is COC[C@H]1CCN(C(=O)CN=[N+]=[N-])C1. The van der Waals surface area contributed by atoms with Crippen molar-refractivity contribution in [1.82, 2.24) is 4.90 Å². The van der Waals surface area contributed by atoms with Gasteiger partial charge in [0.05, 0.1) is 6.61 Å². The van der Waals surface area contributed by atoms with E-state index in [2.05, 4.69) is 10.0 Å². The summed E-state index contributed by atoms with van der Waals surface area (Å²) in [6.45, 7) is 2.07. The van der Waals surface area contributed by atoms with E-state index in [1.807, 2.05) is 0 Å². The summed E-state index contributed by atoms with van der Waals surface area (Å²) in [6.07, 6.45) is 0.968. The van der Waals surface area contributed by atoms with E-state index in [0.717, 1.165) is 13.0 Å². The molecule has 1 atom stereocenters. The Hall–Kier alpha value is -1.26. The van der Waals surface area contributed by atoms with Crippen molar-refractivity contribution in [2.75, 3.05) is 33.4 Å². The third kappa shape index (κ3) is 2.90. The minimum atomic E-state index is -0.0959. The summed E-state index contributed by atoms with van der Waals surface area (Å²) in [5.41, 5.74) is 8.06. The van der Waals surface area contributed by atoms with Crippen molar-refractivity contribution in [2.45, 2.75) is 6.42 Å². The number of ether oxygens (including phenoxy) is 1. The number of rotatable bonds is 4. The van der Waals surface area contributed by atoms with Crippen molar-refractivity contribution in [2.24, 2.45) is 11.0 Å². The van der Waals surface area contributed by atoms with Gasteiger partial charge in [-0.05, 0) is 12.0 Å². The first kappa shape index (κ1) is 10.8. The third-order valence-electron chi connectivity index (χ3n) is 2.31. The Kier molecular flexibility index (Phi) is 4.22. The molecule has 0 N–H and O–H groups in total. The number of hydrogen-bond acceptors (Lipinski definition) is 3. The predicted molar refractivity (Wildman–Crippen MR) is 50.6 cm³/mol. The highest BCUT2D eigenvalue weighted by Gasteiger charge is 2.25. The van der Waals surface area contributed by atoms with Gasteiger partial charge >= 0.3 is 0 Å². The van der Waals surface area contributed by atoms with Crippen LogP contribution in [-0.2, 0) is 9.53 Å². The van der Waals surface area contributed by atoms with Gasteiger partial charge in [-0.25, -0.2) is 0 Å². The third-order valence-corrected chi connectivity index (χ3v) is 2.31. The van der Waals surface area contributed by atoms with Gasteiger partial charge in [0, 0.05) is 31.0 Å². The van der Waals surface area contributed by atoms with Gasteiger partial charge in [-0.15, -0.1) is 0 Å². The Morgan fingerprint density at radius 1 is 1.79 bits per heavy atom. The highest BCUT2D eigenvalue weighted by Crippen LogP contribution is 2.16. The van der Waals surface area contributed by atoms with Gasteiger partial charge in [0.2, 0.25) is 5.91 Å². The second kappa shape index (κ2) is 5.47. The number of amides is 1. The van der Waals surface area contributed by atoms with Crippen LogP contribution in [0.4, 0.5) is 0 Å². The largest absolute Gasteiger partial charge is 0.384 e. The van der Waals surface area contributed by atoms with Crippen molar-refractivity contribution in [3.8, 4) is 0 Å². The topological polar surface area (TPSA) is 78.3 Å². The maximum absolute atomic E-state index is 11.4. The van der Waals surface area contributed by atoms with Gasteiger partial charge in [0.1, 0.15) is 6.54 Å². The Morgan fingerprint density at radius 3 is 3.21 bits per heavy atom. The van der Waals surface area contributed by atoms with Crippen molar-refractivity contribution in [3.05, 3.63) is 10.4 Å². The van der Waals surface area contributed by atoms with Crippen LogP contribution in [0.2, 0.25) is 0 Å². The zero-order valence-electron chi connectivity index (χ0n) is 8.22. The van der Waals surface area contributed by atoms with Crippen molar-refractivity contribution < 1.29 is 9.53 Å². The van der Waals surface area contributed by atoms with E-state index >= 15 is 0 Å². The second-order valence-corrected chi connectivity index (χ2v) is 3.34. The number of azide groups is 1. The lowest BCUT2D eigenvalue weighted by Gasteiger charge is -2.14. The van der Waals surface area contributed by atoms with Gasteiger partial charge < -0.3 is 9.64 Å². The van der Waals surface area contributed by atoms with Crippen LogP contribution in [0.15, 0.2) is 5.11 Å². The molecular weight excluding hydrogens is 184 g/mol. The quantitative estimate of drug-likeness (QED) is 0.380. The summed E-state index contributed by atoms with van der Waals surface area (Å²) in [6, 6.07) is 0. The highest BCUT2D eigenvalue weighted by molar-refractivity contribution is 5.78. The molecule has 1 amide bonds. The van der Waals surface area contributed by atoms with E-state index < -0.39 is 0 Å². The molecule has 1 aliphatic heterocycles. The van der Waals surface area contributed by atoms with Gasteiger partial charge in [-0.3, -0.25) is 4.79 Å². The lowest BCUT2D eigenvalue weighted by Crippen LogP contribution is -2.30. The molecule has 0 bridgehead atoms. The van der Waals surface area contributed by atoms with Gasteiger partial charge in [0.15, 0.2) is 0 Å². The van der Waals surface area contributed by atoms with Crippen LogP contribution < -0.4 is 0 Å². The van der Waals surface area contributed by atoms with E-state index in [4.69, 9.17) is 10.3 Å². The van der Waals surface area contributed by atoms with E-state index in [9.17, 15) is 4.79 Å². The van der Waals surface area contributed by atoms with Crippen LogP contribution in [0.25, 0.3) is 10.4 Å². The molecule has 14 heavy (non-hydrogen) atoms. The van der Waals surface area contributed by atoms with Gasteiger partial charge in [-0.1, -0.05) is 5.11 Å². The van der Waals surface area contributed by atoms with E-state index in [1.165, 1.54) is 0 Å². The Bertz CT molecular complexity index is 250. The molecule has 0 unspecified atom stereocenters. The van der Waals surface area contributed by atoms with Crippen LogP contribution in [0.1, 0.15) is 6.42 Å². The number of methoxy groups -OCH3 is 1. The fraction of sp³-hybridized carbons (Fsp3) is 0.875. The standard InChI is InChI=1S/C8H14N4O2/c1-14-6-7-2-3-12(5-7)8(13)4-10-11-9/h7H,2-6H2,1H3/t7-/m0/s1. The minimum absolute atomic E-state index is 0.0732. The minimum Gasteiger partial charge on any atom is -0.384 e. The number of hydrogen-bond donors (Lipinski definition) is 0. The maximum atomic E-state index is 11.4. The first-order valence-corrected chi connectivity index (χ1v) is 4.55. The molecule has 0 saturated carbocycles. The molecule has 1 heterocycles. The first-order valence-electron chi connectivity index (χ1n) is 4.55. The zero-order chi connectivity index (χ0) is 10.4. The Labute approximate surface area is 82.5 Å². The first-order chi connectivity index (χ1) is 6.77. The maximum Gasteiger partial charge on any atom is 0.228 e. The summed E-state index contributed by atoms with van der Waals surface area (Å²) in [5, 5.41) is 3.25. The van der Waals surface area contributed by atoms with Crippen LogP contribution in [-0.4, -0.2) is 44.2 Å². The summed E-state index contributed by atoms with van der Waals surface area (Å²) in [4.78, 5) is 15.7. The molecule has 0 aromatic heterocycles. The Morgan fingerprint density at radius 2 is 2.57 bits per heavy atom. The van der Waals surface area contributed by atoms with Crippen LogP contribution >= 0.6 is 0 Å². The van der Waals surface area contributed by atoms with Crippen LogP contribution in [0.3, 0.4) is 0 Å². The molecule has 1 saturated heterocycles. The van der Waals surface area contributed by atoms with Crippen molar-refractivity contribution >= 4 is 5.91 Å². The van der Waals surface area contributed by atoms with Gasteiger partial charge in [-0.2, -0.15) is 0 Å². The van der Waals surface area contributed by atoms with E-state index in [0.29, 0.717) is 19.1 Å². The van der Waals surface area contributed by atoms with Crippen molar-refractivity contribution in [1.29, 1.82) is 0 Å². The normalized spacial score (nSPS) is 20.6. The smallest absolute Gasteiger partial charge is 0.228 e. The number of carbonyl (C=O) groups is 1. The summed E-state index contributed by atoms with van der Waals surface area (Å²) >= 11 is 0. The molecule has 0 radical (unpaired) electrons. The molecule has 1 aliphatic rings. The summed E-state index contributed by atoms with van der Waals surface area (Å²) in [5.74, 6) is 0.330. The zero-order valence-corrected chi connectivity index (χ0v) is 8.22. The fourth-order valence-electron chi connectivity index (χ4n) is 1.62. The monoisotopic (exact) mass is 198 g/mol. The van der Waals surface area contributed by atoms with E-state index in [-0.39, 0.29) is 12.5 Å². The molecule has 78 valence electrons. The molecule has 6 nitrogen and oxygen atoms in total. The molecule has 0 aromatic carbocycles. The number of carbonyl (C=O) groups excluding carboxylic acids is 1. The molecule has 1 rings (SSSR count). The summed E-state index contributed by atoms with van der Waals surface area (Å²) < 4.78 is 5.02. The lowest BCUT2D eigenvalue weighted by molar-refractivity contribution is -0.128. The second-order valence-electron chi connectivity index (χ2n) is 3.34. The molecule has 0 aromatic rings. The predicted octanol–water partition coefficient (Wildman–Crippen LogP) is 0.792. The number of nitrogens with zero attached hydrogens (tertiary/aromatic N) is 4. The van der Waals surface area contributed by atoms with E-state index in [1.54, 1.807) is 12.0 Å². The molecule has 0 spiro atoms. The van der Waals surface area contributed by atoms with Crippen LogP contribution in [0.5, 0.6) is 0 Å². The molecule has 1 fully saturated rings. The average Bonchev–Trinajstić information content (AvgIpc) is 2.63. The summed E-state index contributed by atoms with van der Waals surface area (Å²) in [7, 11) is 1.66. The Balaban J connectivity index is 2.33. The molecule has 6 heteroatoms.